The quantitative estimate of drug-likeness (QED) is 0.457. The molecule has 1 aromatic heterocycles. The van der Waals surface area contributed by atoms with Gasteiger partial charge in [-0.15, -0.1) is 0 Å². The molecule has 5 rings (SSSR count). The molecule has 2 aromatic carbocycles. The van der Waals surface area contributed by atoms with Gasteiger partial charge in [-0.05, 0) is 80.6 Å². The Morgan fingerprint density at radius 2 is 1.84 bits per heavy atom. The van der Waals surface area contributed by atoms with E-state index >= 15 is 0 Å². The fraction of sp³-hybridized carbons (Fsp3) is 0.448. The van der Waals surface area contributed by atoms with Crippen LogP contribution in [0.15, 0.2) is 51.7 Å². The number of ether oxygens (including phenoxy) is 3. The molecule has 2 fully saturated rings. The lowest BCUT2D eigenvalue weighted by Crippen LogP contribution is -2.51. The first-order valence-corrected chi connectivity index (χ1v) is 13.0. The second-order valence-corrected chi connectivity index (χ2v) is 9.81. The standard InChI is InChI=1S/C29H34N2O6/c1-34-25-11-9-19(15-27(25)35-2)23-14-20-8-10-22(16-26(20)37-29(23)33)36-18-28(32)30-17-21-6-5-13-31-12-4-3-7-24(21)31/h8-11,14-16,21,24H,3-7,12-13,17-18H2,1-2H3,(H,30,32). The molecule has 3 aromatic rings. The first kappa shape index (κ1) is 25.1. The fourth-order valence-electron chi connectivity index (χ4n) is 5.65. The Bertz CT molecular complexity index is 1320. The Hall–Kier alpha value is -3.52. The molecule has 196 valence electrons. The van der Waals surface area contributed by atoms with E-state index in [9.17, 15) is 9.59 Å². The Morgan fingerprint density at radius 1 is 1.00 bits per heavy atom. The lowest BCUT2D eigenvalue weighted by atomic mass is 9.83. The summed E-state index contributed by atoms with van der Waals surface area (Å²) in [6.07, 6.45) is 6.16. The average Bonchev–Trinajstić information content (AvgIpc) is 2.94. The van der Waals surface area contributed by atoms with E-state index in [4.69, 9.17) is 18.6 Å². The predicted octanol–water partition coefficient (Wildman–Crippen LogP) is 4.24. The van der Waals surface area contributed by atoms with E-state index in [-0.39, 0.29) is 12.5 Å². The Labute approximate surface area is 216 Å². The summed E-state index contributed by atoms with van der Waals surface area (Å²) in [6.45, 7) is 2.98. The van der Waals surface area contributed by atoms with Crippen LogP contribution >= 0.6 is 0 Å². The number of nitrogens with one attached hydrogen (secondary N) is 1. The highest BCUT2D eigenvalue weighted by molar-refractivity contribution is 5.83. The summed E-state index contributed by atoms with van der Waals surface area (Å²) in [5.74, 6) is 1.95. The number of hydrogen-bond acceptors (Lipinski definition) is 7. The summed E-state index contributed by atoms with van der Waals surface area (Å²) >= 11 is 0. The second kappa shape index (κ2) is 11.3. The van der Waals surface area contributed by atoms with Gasteiger partial charge in [-0.2, -0.15) is 0 Å². The molecule has 0 spiro atoms. The van der Waals surface area contributed by atoms with Crippen molar-refractivity contribution < 1.29 is 23.4 Å². The van der Waals surface area contributed by atoms with Crippen molar-refractivity contribution in [3.63, 3.8) is 0 Å². The molecule has 0 saturated carbocycles. The normalized spacial score (nSPS) is 19.7. The highest BCUT2D eigenvalue weighted by Crippen LogP contribution is 2.33. The van der Waals surface area contributed by atoms with Crippen molar-refractivity contribution in [2.75, 3.05) is 40.5 Å². The highest BCUT2D eigenvalue weighted by atomic mass is 16.5. The fourth-order valence-corrected chi connectivity index (χ4v) is 5.65. The van der Waals surface area contributed by atoms with E-state index in [0.717, 1.165) is 11.8 Å². The van der Waals surface area contributed by atoms with E-state index in [0.29, 0.717) is 52.5 Å². The van der Waals surface area contributed by atoms with Crippen LogP contribution in [0, 0.1) is 5.92 Å². The number of benzene rings is 2. The van der Waals surface area contributed by atoms with Crippen molar-refractivity contribution in [1.82, 2.24) is 10.2 Å². The molecule has 1 amide bonds. The second-order valence-electron chi connectivity index (χ2n) is 9.81. The van der Waals surface area contributed by atoms with Gasteiger partial charge in [0.05, 0.1) is 19.8 Å². The minimum Gasteiger partial charge on any atom is -0.493 e. The summed E-state index contributed by atoms with van der Waals surface area (Å²) in [4.78, 5) is 27.8. The van der Waals surface area contributed by atoms with E-state index in [1.54, 1.807) is 50.6 Å². The number of methoxy groups -OCH3 is 2. The van der Waals surface area contributed by atoms with Crippen LogP contribution in [0.1, 0.15) is 32.1 Å². The van der Waals surface area contributed by atoms with Gasteiger partial charge in [-0.1, -0.05) is 12.5 Å². The van der Waals surface area contributed by atoms with Crippen LogP contribution in [-0.2, 0) is 4.79 Å². The number of piperidine rings is 2. The average molecular weight is 507 g/mol. The van der Waals surface area contributed by atoms with Gasteiger partial charge < -0.3 is 28.8 Å². The van der Waals surface area contributed by atoms with Gasteiger partial charge in [-0.25, -0.2) is 4.79 Å². The monoisotopic (exact) mass is 506 g/mol. The van der Waals surface area contributed by atoms with Crippen molar-refractivity contribution in [2.24, 2.45) is 5.92 Å². The first-order valence-electron chi connectivity index (χ1n) is 13.0. The van der Waals surface area contributed by atoms with Crippen LogP contribution in [0.2, 0.25) is 0 Å². The topological polar surface area (TPSA) is 90.2 Å². The number of fused-ring (bicyclic) bond motifs is 2. The smallest absolute Gasteiger partial charge is 0.344 e. The third-order valence-electron chi connectivity index (χ3n) is 7.56. The Morgan fingerprint density at radius 3 is 2.68 bits per heavy atom. The zero-order valence-electron chi connectivity index (χ0n) is 21.5. The van der Waals surface area contributed by atoms with E-state index in [2.05, 4.69) is 10.2 Å². The molecular weight excluding hydrogens is 472 g/mol. The molecule has 0 bridgehead atoms. The third kappa shape index (κ3) is 5.59. The van der Waals surface area contributed by atoms with Gasteiger partial charge in [0.1, 0.15) is 11.3 Å². The zero-order valence-corrected chi connectivity index (χ0v) is 21.5. The summed E-state index contributed by atoms with van der Waals surface area (Å²) < 4.78 is 21.9. The summed E-state index contributed by atoms with van der Waals surface area (Å²) in [5.41, 5.74) is 1.01. The van der Waals surface area contributed by atoms with Crippen molar-refractivity contribution in [1.29, 1.82) is 0 Å². The summed E-state index contributed by atoms with van der Waals surface area (Å²) in [5, 5.41) is 3.81. The van der Waals surface area contributed by atoms with E-state index < -0.39 is 5.63 Å². The first-order chi connectivity index (χ1) is 18.1. The molecule has 2 unspecified atom stereocenters. The van der Waals surface area contributed by atoms with Gasteiger partial charge in [-0.3, -0.25) is 4.79 Å². The van der Waals surface area contributed by atoms with Gasteiger partial charge >= 0.3 is 5.63 Å². The number of hydrogen-bond donors (Lipinski definition) is 1. The lowest BCUT2D eigenvalue weighted by Gasteiger charge is -2.44. The molecule has 0 aliphatic carbocycles. The highest BCUT2D eigenvalue weighted by Gasteiger charge is 2.32. The molecule has 3 heterocycles. The maximum absolute atomic E-state index is 12.8. The molecule has 2 aliphatic heterocycles. The van der Waals surface area contributed by atoms with E-state index in [1.807, 2.05) is 6.07 Å². The van der Waals surface area contributed by atoms with Crippen LogP contribution in [0.4, 0.5) is 0 Å². The SMILES string of the molecule is COc1ccc(-c2cc3ccc(OCC(=O)NCC4CCCN5CCCCC45)cc3oc2=O)cc1OC. The number of rotatable bonds is 8. The Kier molecular flexibility index (Phi) is 7.65. The molecule has 2 aliphatic rings. The van der Waals surface area contributed by atoms with Crippen LogP contribution in [-0.4, -0.2) is 57.3 Å². The number of carbonyl (C=O) groups is 1. The summed E-state index contributed by atoms with van der Waals surface area (Å²) in [6, 6.07) is 12.9. The maximum Gasteiger partial charge on any atom is 0.344 e. The minimum absolute atomic E-state index is 0.0828. The molecule has 8 heteroatoms. The van der Waals surface area contributed by atoms with Crippen molar-refractivity contribution >= 4 is 16.9 Å². The van der Waals surface area contributed by atoms with Crippen LogP contribution < -0.4 is 25.2 Å². The maximum atomic E-state index is 12.8. The van der Waals surface area contributed by atoms with Crippen LogP contribution in [0.5, 0.6) is 17.2 Å². The number of amides is 1. The van der Waals surface area contributed by atoms with Crippen molar-refractivity contribution in [3.8, 4) is 28.4 Å². The van der Waals surface area contributed by atoms with Gasteiger partial charge in [0.2, 0.25) is 0 Å². The largest absolute Gasteiger partial charge is 0.493 e. The third-order valence-corrected chi connectivity index (χ3v) is 7.56. The Balaban J connectivity index is 1.22. The van der Waals surface area contributed by atoms with Crippen LogP contribution in [0.3, 0.4) is 0 Å². The molecule has 1 N–H and O–H groups in total. The molecule has 2 atom stereocenters. The minimum atomic E-state index is -0.473. The van der Waals surface area contributed by atoms with E-state index in [1.165, 1.54) is 38.8 Å². The van der Waals surface area contributed by atoms with Crippen molar-refractivity contribution in [3.05, 3.63) is 52.9 Å². The zero-order chi connectivity index (χ0) is 25.8. The van der Waals surface area contributed by atoms with Crippen molar-refractivity contribution in [2.45, 2.75) is 38.1 Å². The lowest BCUT2D eigenvalue weighted by molar-refractivity contribution is -0.123. The van der Waals surface area contributed by atoms with Gasteiger partial charge in [0.25, 0.3) is 5.91 Å². The molecule has 37 heavy (non-hydrogen) atoms. The summed E-state index contributed by atoms with van der Waals surface area (Å²) in [7, 11) is 3.11. The number of carbonyl (C=O) groups excluding carboxylic acids is 1. The molecule has 2 saturated heterocycles. The van der Waals surface area contributed by atoms with Gasteiger partial charge in [0, 0.05) is 24.0 Å². The van der Waals surface area contributed by atoms with Crippen LogP contribution in [0.25, 0.3) is 22.1 Å². The van der Waals surface area contributed by atoms with Gasteiger partial charge in [0.15, 0.2) is 18.1 Å². The molecule has 0 radical (unpaired) electrons. The number of nitrogens with zero attached hydrogens (tertiary/aromatic N) is 1. The predicted molar refractivity (Wildman–Crippen MR) is 141 cm³/mol. The molecule has 8 nitrogen and oxygen atoms in total. The molecular formula is C29H34N2O6.